The fourth-order valence-electron chi connectivity index (χ4n) is 0.807. The van der Waals surface area contributed by atoms with Crippen molar-refractivity contribution in [3.05, 3.63) is 39.7 Å². The highest BCUT2D eigenvalue weighted by molar-refractivity contribution is 6.42. The van der Waals surface area contributed by atoms with Gasteiger partial charge in [0.05, 0.1) is 10.0 Å². The molecule has 0 amide bonds. The van der Waals surface area contributed by atoms with Crippen LogP contribution < -0.4 is 0 Å². The molecule has 0 nitrogen and oxygen atoms in total. The summed E-state index contributed by atoms with van der Waals surface area (Å²) in [6.07, 6.45) is 0. The fourth-order valence-corrected chi connectivity index (χ4v) is 1.11. The van der Waals surface area contributed by atoms with E-state index in [-0.39, 0.29) is 0 Å². The summed E-state index contributed by atoms with van der Waals surface area (Å²) in [5.41, 5.74) is 1.14. The van der Waals surface area contributed by atoms with E-state index in [2.05, 4.69) is 0 Å². The van der Waals surface area contributed by atoms with Crippen LogP contribution >= 0.6 is 23.2 Å². The normalized spacial score (nSPS) is 10.6. The number of hydrogen-bond donors (Lipinski definition) is 0. The highest BCUT2D eigenvalue weighted by atomic mass is 35.5. The molecule has 1 aromatic carbocycles. The van der Waals surface area contributed by atoms with E-state index in [9.17, 15) is 0 Å². The molecule has 0 aliphatic carbocycles. The Labute approximate surface area is 77.1 Å². The van der Waals surface area contributed by atoms with Gasteiger partial charge in [0.2, 0.25) is 0 Å². The Morgan fingerprint density at radius 1 is 1.09 bits per heavy atom. The maximum absolute atomic E-state index is 5.81. The number of rotatable bonds is 1. The first-order valence-corrected chi connectivity index (χ1v) is 4.12. The van der Waals surface area contributed by atoms with Crippen molar-refractivity contribution in [1.29, 1.82) is 0 Å². The van der Waals surface area contributed by atoms with Crippen molar-refractivity contribution in [3.8, 4) is 0 Å². The van der Waals surface area contributed by atoms with Crippen LogP contribution in [-0.4, -0.2) is 0 Å². The van der Waals surface area contributed by atoms with Crippen LogP contribution in [-0.2, 0) is 0 Å². The topological polar surface area (TPSA) is 0 Å². The Morgan fingerprint density at radius 2 is 1.73 bits per heavy atom. The van der Waals surface area contributed by atoms with Gasteiger partial charge >= 0.3 is 0 Å². The summed E-state index contributed by atoms with van der Waals surface area (Å²) < 4.78 is 0. The molecule has 0 heterocycles. The maximum atomic E-state index is 5.81. The quantitative estimate of drug-likeness (QED) is 0.625. The van der Waals surface area contributed by atoms with Crippen LogP contribution in [0.2, 0.25) is 10.0 Å². The fraction of sp³-hybridized carbons (Fsp3) is 0.222. The van der Waals surface area contributed by atoms with Crippen LogP contribution in [0.4, 0.5) is 0 Å². The molecule has 1 aromatic rings. The van der Waals surface area contributed by atoms with Crippen molar-refractivity contribution in [3.63, 3.8) is 0 Å². The molecule has 0 N–H and O–H groups in total. The summed E-state index contributed by atoms with van der Waals surface area (Å²) in [5, 5.41) is 1.22. The SMILES string of the molecule is C[C](C)c1ccc(Cl)c(Cl)c1. The van der Waals surface area contributed by atoms with Crippen molar-refractivity contribution in [2.24, 2.45) is 0 Å². The van der Waals surface area contributed by atoms with Gasteiger partial charge in [0, 0.05) is 0 Å². The molecule has 0 saturated carbocycles. The van der Waals surface area contributed by atoms with Crippen LogP contribution in [0, 0.1) is 5.92 Å². The van der Waals surface area contributed by atoms with Gasteiger partial charge in [-0.1, -0.05) is 43.1 Å². The molecule has 2 heteroatoms. The second-order valence-corrected chi connectivity index (χ2v) is 3.44. The van der Waals surface area contributed by atoms with E-state index >= 15 is 0 Å². The molecule has 59 valence electrons. The molecule has 1 rings (SSSR count). The first-order valence-electron chi connectivity index (χ1n) is 3.37. The molecule has 0 aromatic heterocycles. The van der Waals surface area contributed by atoms with Gasteiger partial charge in [0.15, 0.2) is 0 Å². The van der Waals surface area contributed by atoms with Crippen LogP contribution in [0.3, 0.4) is 0 Å². The Hall–Kier alpha value is -0.200. The Bertz CT molecular complexity index is 254. The molecule has 0 saturated heterocycles. The zero-order valence-electron chi connectivity index (χ0n) is 6.49. The molecular weight excluding hydrogens is 179 g/mol. The molecule has 0 aliphatic rings. The number of benzene rings is 1. The van der Waals surface area contributed by atoms with Crippen LogP contribution in [0.5, 0.6) is 0 Å². The smallest absolute Gasteiger partial charge is 0.0595 e. The van der Waals surface area contributed by atoms with E-state index < -0.39 is 0 Å². The minimum absolute atomic E-state index is 0.608. The Morgan fingerprint density at radius 3 is 2.18 bits per heavy atom. The van der Waals surface area contributed by atoms with Gasteiger partial charge in [-0.15, -0.1) is 0 Å². The lowest BCUT2D eigenvalue weighted by Crippen LogP contribution is -1.86. The summed E-state index contributed by atoms with van der Waals surface area (Å²) in [6, 6.07) is 5.65. The molecule has 11 heavy (non-hydrogen) atoms. The number of halogens is 2. The molecular formula is C9H9Cl2. The lowest BCUT2D eigenvalue weighted by Gasteiger charge is -2.04. The molecule has 0 spiro atoms. The molecule has 0 aliphatic heterocycles. The molecule has 1 radical (unpaired) electrons. The van der Waals surface area contributed by atoms with Crippen molar-refractivity contribution >= 4 is 23.2 Å². The van der Waals surface area contributed by atoms with Crippen LogP contribution in [0.15, 0.2) is 18.2 Å². The zero-order chi connectivity index (χ0) is 8.43. The molecule has 0 bridgehead atoms. The van der Waals surface area contributed by atoms with Gasteiger partial charge < -0.3 is 0 Å². The van der Waals surface area contributed by atoms with E-state index in [4.69, 9.17) is 23.2 Å². The molecule has 0 fully saturated rings. The van der Waals surface area contributed by atoms with E-state index in [1.165, 1.54) is 5.92 Å². The van der Waals surface area contributed by atoms with Crippen LogP contribution in [0.25, 0.3) is 0 Å². The second kappa shape index (κ2) is 3.46. The van der Waals surface area contributed by atoms with Crippen molar-refractivity contribution in [2.75, 3.05) is 0 Å². The predicted molar refractivity (Wildman–Crippen MR) is 50.2 cm³/mol. The highest BCUT2D eigenvalue weighted by Crippen LogP contribution is 2.25. The second-order valence-electron chi connectivity index (χ2n) is 2.63. The lowest BCUT2D eigenvalue weighted by molar-refractivity contribution is 1.15. The van der Waals surface area contributed by atoms with Crippen molar-refractivity contribution < 1.29 is 0 Å². The van der Waals surface area contributed by atoms with Gasteiger partial charge in [0.25, 0.3) is 0 Å². The van der Waals surface area contributed by atoms with Gasteiger partial charge in [-0.05, 0) is 23.6 Å². The standard InChI is InChI=1S/C9H9Cl2/c1-6(2)7-3-4-8(10)9(11)5-7/h3-5H,1-2H3. The third-order valence-corrected chi connectivity index (χ3v) is 2.24. The molecule has 0 unspecified atom stereocenters. The lowest BCUT2D eigenvalue weighted by atomic mass is 10.0. The van der Waals surface area contributed by atoms with Gasteiger partial charge in [-0.25, -0.2) is 0 Å². The van der Waals surface area contributed by atoms with Gasteiger partial charge in [0.1, 0.15) is 0 Å². The minimum Gasteiger partial charge on any atom is -0.0827 e. The number of hydrogen-bond acceptors (Lipinski definition) is 0. The largest absolute Gasteiger partial charge is 0.0827 e. The average molecular weight is 188 g/mol. The van der Waals surface area contributed by atoms with Gasteiger partial charge in [-0.2, -0.15) is 0 Å². The zero-order valence-corrected chi connectivity index (χ0v) is 8.00. The minimum atomic E-state index is 0.608. The van der Waals surface area contributed by atoms with Crippen molar-refractivity contribution in [1.82, 2.24) is 0 Å². The predicted octanol–water partition coefficient (Wildman–Crippen LogP) is 3.96. The Balaban J connectivity index is 3.05. The summed E-state index contributed by atoms with van der Waals surface area (Å²) in [6.45, 7) is 4.08. The summed E-state index contributed by atoms with van der Waals surface area (Å²) in [7, 11) is 0. The third kappa shape index (κ3) is 2.11. The summed E-state index contributed by atoms with van der Waals surface area (Å²) in [4.78, 5) is 0. The van der Waals surface area contributed by atoms with Gasteiger partial charge in [-0.3, -0.25) is 0 Å². The van der Waals surface area contributed by atoms with E-state index in [0.29, 0.717) is 10.0 Å². The maximum Gasteiger partial charge on any atom is 0.0595 e. The van der Waals surface area contributed by atoms with E-state index in [1.54, 1.807) is 0 Å². The summed E-state index contributed by atoms with van der Waals surface area (Å²) in [5.74, 6) is 1.24. The monoisotopic (exact) mass is 187 g/mol. The first-order chi connectivity index (χ1) is 5.11. The van der Waals surface area contributed by atoms with Crippen LogP contribution in [0.1, 0.15) is 19.4 Å². The average Bonchev–Trinajstić information content (AvgIpc) is 1.94. The Kier molecular flexibility index (Phi) is 2.80. The van der Waals surface area contributed by atoms with Crippen molar-refractivity contribution in [2.45, 2.75) is 13.8 Å². The van der Waals surface area contributed by atoms with E-state index in [0.717, 1.165) is 5.56 Å². The molecule has 0 atom stereocenters. The first kappa shape index (κ1) is 8.89. The summed E-state index contributed by atoms with van der Waals surface area (Å²) >= 11 is 11.6. The third-order valence-electron chi connectivity index (χ3n) is 1.50. The van der Waals surface area contributed by atoms with E-state index in [1.807, 2.05) is 32.0 Å². The highest BCUT2D eigenvalue weighted by Gasteiger charge is 2.02.